The van der Waals surface area contributed by atoms with Crippen molar-refractivity contribution >= 4 is 23.5 Å². The van der Waals surface area contributed by atoms with Crippen molar-refractivity contribution in [1.82, 2.24) is 5.32 Å². The van der Waals surface area contributed by atoms with Crippen LogP contribution in [0.3, 0.4) is 0 Å². The van der Waals surface area contributed by atoms with Gasteiger partial charge >= 0.3 is 5.97 Å². The second-order valence-corrected chi connectivity index (χ2v) is 3.81. The van der Waals surface area contributed by atoms with Crippen molar-refractivity contribution in [3.8, 4) is 0 Å². The highest BCUT2D eigenvalue weighted by Crippen LogP contribution is 2.16. The highest BCUT2D eigenvalue weighted by molar-refractivity contribution is 6.31. The van der Waals surface area contributed by atoms with Gasteiger partial charge in [0.15, 0.2) is 0 Å². The van der Waals surface area contributed by atoms with Gasteiger partial charge in [0.2, 0.25) is 0 Å². The van der Waals surface area contributed by atoms with E-state index < -0.39 is 23.7 Å². The summed E-state index contributed by atoms with van der Waals surface area (Å²) in [4.78, 5) is 22.3. The van der Waals surface area contributed by atoms with E-state index >= 15 is 0 Å². The minimum absolute atomic E-state index is 0.121. The summed E-state index contributed by atoms with van der Waals surface area (Å²) >= 11 is 5.52. The first-order chi connectivity index (χ1) is 7.95. The van der Waals surface area contributed by atoms with Gasteiger partial charge in [-0.15, -0.1) is 0 Å². The van der Waals surface area contributed by atoms with Crippen molar-refractivity contribution in [2.24, 2.45) is 0 Å². The lowest BCUT2D eigenvalue weighted by Gasteiger charge is -2.12. The van der Waals surface area contributed by atoms with Crippen LogP contribution in [0.25, 0.3) is 0 Å². The Morgan fingerprint density at radius 2 is 2.18 bits per heavy atom. The van der Waals surface area contributed by atoms with E-state index in [2.05, 4.69) is 5.32 Å². The largest absolute Gasteiger partial charge is 0.480 e. The zero-order valence-electron chi connectivity index (χ0n) is 9.04. The average molecular weight is 260 g/mol. The smallest absolute Gasteiger partial charge is 0.326 e. The fourth-order valence-corrected chi connectivity index (χ4v) is 1.40. The van der Waals surface area contributed by atoms with E-state index in [9.17, 15) is 14.0 Å². The van der Waals surface area contributed by atoms with Gasteiger partial charge in [-0.25, -0.2) is 9.18 Å². The summed E-state index contributed by atoms with van der Waals surface area (Å²) in [5.41, 5.74) is 0.121. The minimum atomic E-state index is -1.12. The number of benzene rings is 1. The zero-order chi connectivity index (χ0) is 13.0. The lowest BCUT2D eigenvalue weighted by molar-refractivity contribution is -0.139. The molecular weight excluding hydrogens is 249 g/mol. The number of carbonyl (C=O) groups excluding carboxylic acids is 1. The summed E-state index contributed by atoms with van der Waals surface area (Å²) in [5, 5.41) is 10.9. The number of halogens is 2. The summed E-state index contributed by atoms with van der Waals surface area (Å²) < 4.78 is 12.9. The predicted octanol–water partition coefficient (Wildman–Crippen LogP) is 2.07. The number of amides is 1. The molecule has 0 saturated carbocycles. The Hall–Kier alpha value is -1.62. The molecule has 0 radical (unpaired) electrons. The van der Waals surface area contributed by atoms with E-state index in [0.29, 0.717) is 0 Å². The summed E-state index contributed by atoms with van der Waals surface area (Å²) in [5.74, 6) is -2.34. The number of hydrogen-bond donors (Lipinski definition) is 2. The molecule has 6 heteroatoms. The molecule has 0 unspecified atom stereocenters. The fourth-order valence-electron chi connectivity index (χ4n) is 1.22. The van der Waals surface area contributed by atoms with Gasteiger partial charge in [0.25, 0.3) is 5.91 Å². The maximum atomic E-state index is 12.9. The quantitative estimate of drug-likeness (QED) is 0.870. The molecule has 0 spiro atoms. The first-order valence-electron chi connectivity index (χ1n) is 4.94. The molecule has 0 aliphatic carbocycles. The number of aliphatic carboxylic acids is 1. The van der Waals surface area contributed by atoms with Crippen molar-refractivity contribution in [2.75, 3.05) is 0 Å². The van der Waals surface area contributed by atoms with E-state index in [1.807, 2.05) is 0 Å². The summed E-state index contributed by atoms with van der Waals surface area (Å²) in [6.07, 6.45) is 0.260. The first kappa shape index (κ1) is 13.4. The van der Waals surface area contributed by atoms with Gasteiger partial charge in [-0.2, -0.15) is 0 Å². The Balaban J connectivity index is 2.82. The lowest BCUT2D eigenvalue weighted by Crippen LogP contribution is -2.40. The fraction of sp³-hybridized carbons (Fsp3) is 0.273. The van der Waals surface area contributed by atoms with Crippen LogP contribution in [-0.2, 0) is 4.79 Å². The maximum absolute atomic E-state index is 12.9. The molecule has 0 heterocycles. The lowest BCUT2D eigenvalue weighted by atomic mass is 10.1. The SMILES string of the molecule is CC[C@@H](NC(=O)c1ccc(F)c(Cl)c1)C(=O)O. The third-order valence-electron chi connectivity index (χ3n) is 2.19. The van der Waals surface area contributed by atoms with Crippen molar-refractivity contribution in [1.29, 1.82) is 0 Å². The van der Waals surface area contributed by atoms with Crippen molar-refractivity contribution in [2.45, 2.75) is 19.4 Å². The van der Waals surface area contributed by atoms with Crippen LogP contribution in [-0.4, -0.2) is 23.0 Å². The van der Waals surface area contributed by atoms with E-state index in [1.165, 1.54) is 6.07 Å². The Kier molecular flexibility index (Phi) is 4.45. The highest BCUT2D eigenvalue weighted by Gasteiger charge is 2.18. The standard InChI is InChI=1S/C11H11ClFNO3/c1-2-9(11(16)17)14-10(15)6-3-4-8(13)7(12)5-6/h3-5,9H,2H2,1H3,(H,14,15)(H,16,17)/t9-/m1/s1. The third kappa shape index (κ3) is 3.42. The molecule has 1 aromatic rings. The molecule has 0 aliphatic rings. The number of rotatable bonds is 4. The minimum Gasteiger partial charge on any atom is -0.480 e. The molecule has 17 heavy (non-hydrogen) atoms. The Morgan fingerprint density at radius 1 is 1.53 bits per heavy atom. The number of carbonyl (C=O) groups is 2. The molecule has 0 fully saturated rings. The van der Waals surface area contributed by atoms with Gasteiger partial charge < -0.3 is 10.4 Å². The molecule has 0 saturated heterocycles. The van der Waals surface area contributed by atoms with Crippen LogP contribution in [0.5, 0.6) is 0 Å². The molecule has 0 bridgehead atoms. The van der Waals surface area contributed by atoms with Crippen LogP contribution >= 0.6 is 11.6 Å². The van der Waals surface area contributed by atoms with E-state index in [1.54, 1.807) is 6.92 Å². The van der Waals surface area contributed by atoms with E-state index in [-0.39, 0.29) is 17.0 Å². The predicted molar refractivity (Wildman–Crippen MR) is 60.6 cm³/mol. The molecule has 1 rings (SSSR count). The van der Waals surface area contributed by atoms with Gasteiger partial charge in [-0.3, -0.25) is 4.79 Å². The van der Waals surface area contributed by atoms with Crippen LogP contribution in [0.4, 0.5) is 4.39 Å². The Morgan fingerprint density at radius 3 is 2.65 bits per heavy atom. The molecule has 1 amide bonds. The molecule has 92 valence electrons. The molecule has 4 nitrogen and oxygen atoms in total. The van der Waals surface area contributed by atoms with Crippen molar-refractivity contribution < 1.29 is 19.1 Å². The second kappa shape index (κ2) is 5.63. The van der Waals surface area contributed by atoms with Crippen LogP contribution in [0.2, 0.25) is 5.02 Å². The number of nitrogens with one attached hydrogen (secondary N) is 1. The van der Waals surface area contributed by atoms with E-state index in [0.717, 1.165) is 12.1 Å². The monoisotopic (exact) mass is 259 g/mol. The third-order valence-corrected chi connectivity index (χ3v) is 2.48. The number of carboxylic acids is 1. The van der Waals surface area contributed by atoms with Crippen LogP contribution < -0.4 is 5.32 Å². The van der Waals surface area contributed by atoms with Gasteiger partial charge in [-0.05, 0) is 24.6 Å². The second-order valence-electron chi connectivity index (χ2n) is 3.40. The molecule has 2 N–H and O–H groups in total. The van der Waals surface area contributed by atoms with Crippen LogP contribution in [0.1, 0.15) is 23.7 Å². The zero-order valence-corrected chi connectivity index (χ0v) is 9.79. The Bertz CT molecular complexity index is 450. The highest BCUT2D eigenvalue weighted by atomic mass is 35.5. The molecule has 0 aliphatic heterocycles. The van der Waals surface area contributed by atoms with Crippen molar-refractivity contribution in [3.05, 3.63) is 34.6 Å². The molecule has 0 aromatic heterocycles. The number of carboxylic acid groups (broad SMARTS) is 1. The van der Waals surface area contributed by atoms with Gasteiger partial charge in [0.1, 0.15) is 11.9 Å². The van der Waals surface area contributed by atoms with Crippen LogP contribution in [0, 0.1) is 5.82 Å². The number of hydrogen-bond acceptors (Lipinski definition) is 2. The molecular formula is C11H11ClFNO3. The van der Waals surface area contributed by atoms with Gasteiger partial charge in [-0.1, -0.05) is 18.5 Å². The van der Waals surface area contributed by atoms with E-state index in [4.69, 9.17) is 16.7 Å². The van der Waals surface area contributed by atoms with Crippen LogP contribution in [0.15, 0.2) is 18.2 Å². The van der Waals surface area contributed by atoms with Crippen molar-refractivity contribution in [3.63, 3.8) is 0 Å². The van der Waals surface area contributed by atoms with Gasteiger partial charge in [0, 0.05) is 5.56 Å². The summed E-state index contributed by atoms with van der Waals surface area (Å²) in [6, 6.07) is 2.48. The summed E-state index contributed by atoms with van der Waals surface area (Å²) in [6.45, 7) is 1.64. The molecule has 1 aromatic carbocycles. The average Bonchev–Trinajstić information content (AvgIpc) is 2.28. The molecule has 1 atom stereocenters. The summed E-state index contributed by atoms with van der Waals surface area (Å²) in [7, 11) is 0. The first-order valence-corrected chi connectivity index (χ1v) is 5.32. The Labute approximate surface area is 102 Å². The van der Waals surface area contributed by atoms with Gasteiger partial charge in [0.05, 0.1) is 5.02 Å². The maximum Gasteiger partial charge on any atom is 0.326 e. The topological polar surface area (TPSA) is 66.4 Å². The normalized spacial score (nSPS) is 11.9.